The number of fused-ring (bicyclic) bond motifs is 1. The summed E-state index contributed by atoms with van der Waals surface area (Å²) in [6.07, 6.45) is 6.64. The summed E-state index contributed by atoms with van der Waals surface area (Å²) in [5.41, 5.74) is 2.12. The number of aliphatic imine (C=N–C) groups is 1. The predicted octanol–water partition coefficient (Wildman–Crippen LogP) is 6.84. The van der Waals surface area contributed by atoms with Crippen molar-refractivity contribution >= 4 is 35.4 Å². The fourth-order valence-corrected chi connectivity index (χ4v) is 5.87. The molecule has 1 saturated carbocycles. The summed E-state index contributed by atoms with van der Waals surface area (Å²) in [4.78, 5) is 12.9. The van der Waals surface area contributed by atoms with E-state index in [9.17, 15) is 8.78 Å². The Kier molecular flexibility index (Phi) is 8.67. The number of halogens is 2. The van der Waals surface area contributed by atoms with Crippen LogP contribution in [0.2, 0.25) is 0 Å². The van der Waals surface area contributed by atoms with E-state index < -0.39 is 6.43 Å². The molecule has 1 aliphatic heterocycles. The molecule has 1 fully saturated rings. The minimum Gasteiger partial charge on any atom is -0.451 e. The first kappa shape index (κ1) is 31.1. The number of hydrogen-bond donors (Lipinski definition) is 3. The van der Waals surface area contributed by atoms with E-state index in [1.54, 1.807) is 13.2 Å². The topological polar surface area (TPSA) is 127 Å². The van der Waals surface area contributed by atoms with E-state index in [-0.39, 0.29) is 45.8 Å². The van der Waals surface area contributed by atoms with Crippen LogP contribution in [0.4, 0.5) is 20.5 Å². The highest BCUT2D eigenvalue weighted by molar-refractivity contribution is 5.90. The number of pyridine rings is 1. The second kappa shape index (κ2) is 12.8. The second-order valence-corrected chi connectivity index (χ2v) is 12.3. The van der Waals surface area contributed by atoms with Gasteiger partial charge in [-0.15, -0.1) is 0 Å². The molecule has 0 radical (unpaired) electrons. The van der Waals surface area contributed by atoms with Crippen LogP contribution >= 0.6 is 0 Å². The van der Waals surface area contributed by atoms with Crippen molar-refractivity contribution in [3.05, 3.63) is 83.3 Å². The van der Waals surface area contributed by atoms with Gasteiger partial charge in [-0.1, -0.05) is 51.1 Å². The molecule has 2 atom stereocenters. The van der Waals surface area contributed by atoms with Crippen molar-refractivity contribution in [2.24, 2.45) is 12.0 Å². The molecule has 0 spiro atoms. The highest BCUT2D eigenvalue weighted by Gasteiger charge is 2.35. The number of anilines is 2. The van der Waals surface area contributed by atoms with Gasteiger partial charge in [0.2, 0.25) is 5.95 Å². The lowest BCUT2D eigenvalue weighted by Crippen LogP contribution is -2.28. The van der Waals surface area contributed by atoms with Crippen LogP contribution < -0.4 is 15.4 Å². The van der Waals surface area contributed by atoms with Crippen molar-refractivity contribution in [2.45, 2.75) is 70.6 Å². The Hall–Kier alpha value is -4.91. The number of ether oxygens (including phenoxy) is 2. The molecule has 3 aromatic heterocycles. The lowest BCUT2D eigenvalue weighted by atomic mass is 9.91. The Balaban J connectivity index is 1.31. The summed E-state index contributed by atoms with van der Waals surface area (Å²) < 4.78 is 45.0. The highest BCUT2D eigenvalue weighted by atomic mass is 19.3. The van der Waals surface area contributed by atoms with Gasteiger partial charge in [-0.3, -0.25) is 9.67 Å². The van der Waals surface area contributed by atoms with Gasteiger partial charge in [0.25, 0.3) is 6.43 Å². The van der Waals surface area contributed by atoms with Crippen molar-refractivity contribution in [3.63, 3.8) is 0 Å². The molecule has 1 aliphatic carbocycles. The summed E-state index contributed by atoms with van der Waals surface area (Å²) in [7, 11) is 1.64. The molecule has 6 rings (SSSR count). The summed E-state index contributed by atoms with van der Waals surface area (Å²) in [6.45, 7) is 6.94. The maximum absolute atomic E-state index is 14.6. The molecule has 13 heteroatoms. The van der Waals surface area contributed by atoms with Gasteiger partial charge >= 0.3 is 0 Å². The van der Waals surface area contributed by atoms with Gasteiger partial charge in [0.1, 0.15) is 11.2 Å². The van der Waals surface area contributed by atoms with Crippen molar-refractivity contribution in [1.29, 1.82) is 5.41 Å². The van der Waals surface area contributed by atoms with E-state index >= 15 is 0 Å². The summed E-state index contributed by atoms with van der Waals surface area (Å²) in [5, 5.41) is 18.9. The minimum atomic E-state index is -2.91. The van der Waals surface area contributed by atoms with Gasteiger partial charge in [-0.25, -0.2) is 13.8 Å². The van der Waals surface area contributed by atoms with Crippen molar-refractivity contribution < 1.29 is 18.3 Å². The number of imidazole rings is 1. The fraction of sp³-hybridized carbons (Fsp3) is 0.364. The molecule has 2 aliphatic rings. The van der Waals surface area contributed by atoms with Gasteiger partial charge in [-0.2, -0.15) is 10.1 Å². The zero-order valence-electron chi connectivity index (χ0n) is 26.2. The first-order valence-corrected chi connectivity index (χ1v) is 15.2. The Labute approximate surface area is 265 Å². The molecule has 3 N–H and O–H groups in total. The van der Waals surface area contributed by atoms with Gasteiger partial charge in [0.15, 0.2) is 23.0 Å². The van der Waals surface area contributed by atoms with Crippen LogP contribution in [0.1, 0.15) is 69.3 Å². The zero-order valence-corrected chi connectivity index (χ0v) is 26.2. The number of aryl methyl sites for hydroxylation is 1. The fourth-order valence-electron chi connectivity index (χ4n) is 5.87. The number of benzene rings is 1. The van der Waals surface area contributed by atoms with Crippen LogP contribution in [0, 0.1) is 5.41 Å². The molecular weight excluding hydrogens is 592 g/mol. The Morgan fingerprint density at radius 1 is 1.22 bits per heavy atom. The first-order valence-electron chi connectivity index (χ1n) is 15.2. The molecule has 0 amide bonds. The van der Waals surface area contributed by atoms with Crippen LogP contribution in [0.3, 0.4) is 0 Å². The number of alkyl halides is 2. The Morgan fingerprint density at radius 2 is 2.02 bits per heavy atom. The van der Waals surface area contributed by atoms with Crippen LogP contribution in [0.25, 0.3) is 11.2 Å². The van der Waals surface area contributed by atoms with Crippen molar-refractivity contribution in [2.75, 3.05) is 5.32 Å². The first-order chi connectivity index (χ1) is 22.1. The second-order valence-electron chi connectivity index (χ2n) is 12.3. The summed E-state index contributed by atoms with van der Waals surface area (Å²) >= 11 is 0. The molecule has 11 nitrogen and oxygen atoms in total. The summed E-state index contributed by atoms with van der Waals surface area (Å²) in [5.74, 6) is 0.662. The number of hydrogen-bond acceptors (Lipinski definition) is 9. The van der Waals surface area contributed by atoms with Gasteiger partial charge in [0.05, 0.1) is 42.9 Å². The van der Waals surface area contributed by atoms with E-state index in [0.29, 0.717) is 24.1 Å². The average molecular weight is 630 g/mol. The highest BCUT2D eigenvalue weighted by Crippen LogP contribution is 2.39. The number of nitrogens with zero attached hydrogens (tertiary/aromatic N) is 6. The monoisotopic (exact) mass is 629 g/mol. The molecule has 46 heavy (non-hydrogen) atoms. The largest absolute Gasteiger partial charge is 0.451 e. The number of rotatable bonds is 10. The molecule has 1 aromatic carbocycles. The van der Waals surface area contributed by atoms with E-state index in [0.717, 1.165) is 36.7 Å². The van der Waals surface area contributed by atoms with Crippen LogP contribution in [0.15, 0.2) is 71.4 Å². The van der Waals surface area contributed by atoms with E-state index in [4.69, 9.17) is 20.0 Å². The van der Waals surface area contributed by atoms with E-state index in [2.05, 4.69) is 63.2 Å². The lowest BCUT2D eigenvalue weighted by Gasteiger charge is -2.27. The number of aromatic nitrogens is 5. The number of nitrogens with one attached hydrogen (secondary N) is 3. The molecule has 4 aromatic rings. The molecule has 0 saturated heterocycles. The molecule has 0 bridgehead atoms. The van der Waals surface area contributed by atoms with Crippen LogP contribution in [0.5, 0.6) is 5.75 Å². The third-order valence-corrected chi connectivity index (χ3v) is 8.12. The van der Waals surface area contributed by atoms with Gasteiger partial charge in [0, 0.05) is 36.6 Å². The minimum absolute atomic E-state index is 0.00737. The lowest BCUT2D eigenvalue weighted by molar-refractivity contribution is 0.0154. The van der Waals surface area contributed by atoms with Gasteiger partial charge < -0.3 is 30.1 Å². The SMILES string of the molecule is Cn1c(Nc2cc(C(C)(C)C)n([C@H]3CCC[C@H]3OCc3ccccc3)n2)nc2ncc(O/C(C=N)=C3\C=NC=CN3)c(C(F)F)c21. The smallest absolute Gasteiger partial charge is 0.269 e. The van der Waals surface area contributed by atoms with Gasteiger partial charge in [-0.05, 0) is 24.8 Å². The third-order valence-electron chi connectivity index (χ3n) is 8.12. The average Bonchev–Trinajstić information content (AvgIpc) is 3.77. The zero-order chi connectivity index (χ0) is 32.4. The Bertz CT molecular complexity index is 1820. The number of allylic oxidation sites excluding steroid dienone is 2. The van der Waals surface area contributed by atoms with Crippen molar-refractivity contribution in [1.82, 2.24) is 29.6 Å². The molecule has 0 unspecified atom stereocenters. The summed E-state index contributed by atoms with van der Waals surface area (Å²) in [6, 6.07) is 12.2. The predicted molar refractivity (Wildman–Crippen MR) is 173 cm³/mol. The Morgan fingerprint density at radius 3 is 2.72 bits per heavy atom. The normalized spacial score (nSPS) is 19.1. The quantitative estimate of drug-likeness (QED) is 0.130. The third kappa shape index (κ3) is 6.27. The van der Waals surface area contributed by atoms with Crippen molar-refractivity contribution in [3.8, 4) is 5.75 Å². The van der Waals surface area contributed by atoms with Crippen LogP contribution in [-0.4, -0.2) is 42.8 Å². The molecular formula is C33H37F2N9O2. The van der Waals surface area contributed by atoms with Crippen LogP contribution in [-0.2, 0) is 23.8 Å². The van der Waals surface area contributed by atoms with E-state index in [1.165, 1.54) is 23.2 Å². The standard InChI is InChI=1S/C33H37F2N9O2/c1-33(2,3)26-15-27(42-44(26)22-11-8-12-23(22)45-19-20-9-6-5-7-10-20)40-32-41-31-29(43(32)4)28(30(34)35)25(18-39-31)46-24(16-36)21-17-37-13-14-38-21/h5-7,9-10,13-18,22-23,30,36,38H,8,11-12,19H2,1-4H3,(H,39,40,41,42)/b24-21+,36-16?/t22-,23+/m0/s1. The molecule has 4 heterocycles. The van der Waals surface area contributed by atoms with E-state index in [1.807, 2.05) is 24.3 Å². The maximum Gasteiger partial charge on any atom is 0.269 e. The maximum atomic E-state index is 14.6. The molecule has 240 valence electrons.